The fraction of sp³-hybridized carbons (Fsp3) is 0.500. The van der Waals surface area contributed by atoms with Gasteiger partial charge in [0.15, 0.2) is 0 Å². The molecule has 1 atom stereocenters. The van der Waals surface area contributed by atoms with Crippen molar-refractivity contribution in [3.8, 4) is 0 Å². The lowest BCUT2D eigenvalue weighted by Crippen LogP contribution is -2.24. The Morgan fingerprint density at radius 2 is 2.47 bits per heavy atom. The summed E-state index contributed by atoms with van der Waals surface area (Å²) < 4.78 is 2.12. The summed E-state index contributed by atoms with van der Waals surface area (Å²) in [7, 11) is 0. The van der Waals surface area contributed by atoms with Crippen molar-refractivity contribution in [3.63, 3.8) is 0 Å². The molecule has 5 heteroatoms. The highest BCUT2D eigenvalue weighted by atomic mass is 32.1. The second kappa shape index (κ2) is 4.14. The maximum absolute atomic E-state index is 4.73. The smallest absolute Gasteiger partial charge is 0.128 e. The molecule has 0 spiro atoms. The first-order valence-electron chi connectivity index (χ1n) is 6.02. The van der Waals surface area contributed by atoms with Crippen LogP contribution in [0.4, 0.5) is 5.82 Å². The lowest BCUT2D eigenvalue weighted by Gasteiger charge is -2.24. The zero-order chi connectivity index (χ0) is 11.8. The summed E-state index contributed by atoms with van der Waals surface area (Å²) in [5, 5.41) is 11.4. The number of nitrogens with one attached hydrogen (secondary N) is 1. The minimum atomic E-state index is 0.310. The van der Waals surface area contributed by atoms with E-state index in [4.69, 9.17) is 5.10 Å². The van der Waals surface area contributed by atoms with Crippen LogP contribution in [-0.4, -0.2) is 21.3 Å². The Morgan fingerprint density at radius 1 is 1.59 bits per heavy atom. The predicted molar refractivity (Wildman–Crippen MR) is 69.7 cm³/mol. The Kier molecular flexibility index (Phi) is 2.63. The average Bonchev–Trinajstić information content (AvgIpc) is 2.97. The summed E-state index contributed by atoms with van der Waals surface area (Å²) in [6.07, 6.45) is 3.92. The van der Waals surface area contributed by atoms with Crippen molar-refractivity contribution in [1.82, 2.24) is 14.8 Å². The van der Waals surface area contributed by atoms with Gasteiger partial charge in [-0.1, -0.05) is 6.92 Å². The van der Waals surface area contributed by atoms with Crippen LogP contribution in [0.25, 0.3) is 0 Å². The normalized spacial score (nSPS) is 18.8. The minimum absolute atomic E-state index is 0.310. The average molecular weight is 248 g/mol. The van der Waals surface area contributed by atoms with E-state index in [1.807, 2.05) is 11.6 Å². The zero-order valence-electron chi connectivity index (χ0n) is 10.1. The molecule has 0 amide bonds. The van der Waals surface area contributed by atoms with Crippen molar-refractivity contribution in [2.24, 2.45) is 0 Å². The van der Waals surface area contributed by atoms with Crippen LogP contribution in [0, 0.1) is 6.92 Å². The van der Waals surface area contributed by atoms with Gasteiger partial charge in [-0.05, 0) is 19.8 Å². The zero-order valence-corrected chi connectivity index (χ0v) is 10.9. The van der Waals surface area contributed by atoms with Gasteiger partial charge in [-0.15, -0.1) is 11.3 Å². The van der Waals surface area contributed by atoms with Crippen molar-refractivity contribution >= 4 is 17.2 Å². The quantitative estimate of drug-likeness (QED) is 0.888. The second-order valence-electron chi connectivity index (χ2n) is 4.32. The van der Waals surface area contributed by atoms with E-state index >= 15 is 0 Å². The van der Waals surface area contributed by atoms with E-state index < -0.39 is 0 Å². The topological polar surface area (TPSA) is 42.7 Å². The van der Waals surface area contributed by atoms with Crippen LogP contribution in [-0.2, 0) is 6.42 Å². The summed E-state index contributed by atoms with van der Waals surface area (Å²) in [6, 6.07) is 0.310. The van der Waals surface area contributed by atoms with Gasteiger partial charge in [0, 0.05) is 23.7 Å². The van der Waals surface area contributed by atoms with Gasteiger partial charge < -0.3 is 5.32 Å². The SMILES string of the molecule is CCc1nn2c(c1C)NCCC2c1nccs1. The Morgan fingerprint density at radius 3 is 3.18 bits per heavy atom. The molecule has 4 nitrogen and oxygen atoms in total. The highest BCUT2D eigenvalue weighted by molar-refractivity contribution is 7.09. The van der Waals surface area contributed by atoms with Crippen LogP contribution in [0.1, 0.15) is 35.7 Å². The number of anilines is 1. The number of fused-ring (bicyclic) bond motifs is 1. The van der Waals surface area contributed by atoms with Crippen molar-refractivity contribution in [3.05, 3.63) is 27.8 Å². The van der Waals surface area contributed by atoms with Crippen molar-refractivity contribution < 1.29 is 0 Å². The molecule has 0 saturated carbocycles. The Bertz CT molecular complexity index is 515. The third kappa shape index (κ3) is 1.65. The van der Waals surface area contributed by atoms with E-state index in [-0.39, 0.29) is 0 Å². The molecule has 1 N–H and O–H groups in total. The molecule has 0 radical (unpaired) electrons. The molecule has 0 fully saturated rings. The number of nitrogens with zero attached hydrogens (tertiary/aromatic N) is 3. The first-order chi connectivity index (χ1) is 8.31. The van der Waals surface area contributed by atoms with E-state index in [1.54, 1.807) is 11.3 Å². The number of aromatic nitrogens is 3. The van der Waals surface area contributed by atoms with Crippen molar-refractivity contribution in [2.75, 3.05) is 11.9 Å². The number of aryl methyl sites for hydroxylation is 1. The Balaban J connectivity index is 2.08. The molecular formula is C12H16N4S. The number of hydrogen-bond acceptors (Lipinski definition) is 4. The molecule has 2 aromatic rings. The molecule has 0 aromatic carbocycles. The maximum Gasteiger partial charge on any atom is 0.128 e. The molecule has 2 aromatic heterocycles. The van der Waals surface area contributed by atoms with Crippen molar-refractivity contribution in [2.45, 2.75) is 32.7 Å². The monoisotopic (exact) mass is 248 g/mol. The highest BCUT2D eigenvalue weighted by Crippen LogP contribution is 2.33. The molecule has 3 heterocycles. The number of hydrogen-bond donors (Lipinski definition) is 1. The number of rotatable bonds is 2. The van der Waals surface area contributed by atoms with Gasteiger partial charge in [0.25, 0.3) is 0 Å². The molecule has 0 bridgehead atoms. The maximum atomic E-state index is 4.73. The first-order valence-corrected chi connectivity index (χ1v) is 6.90. The van der Waals surface area contributed by atoms with Crippen LogP contribution in [0.2, 0.25) is 0 Å². The summed E-state index contributed by atoms with van der Waals surface area (Å²) >= 11 is 1.72. The third-order valence-electron chi connectivity index (χ3n) is 3.32. The molecule has 90 valence electrons. The fourth-order valence-electron chi connectivity index (χ4n) is 2.42. The highest BCUT2D eigenvalue weighted by Gasteiger charge is 2.26. The molecule has 1 aliphatic rings. The molecule has 0 aliphatic carbocycles. The second-order valence-corrected chi connectivity index (χ2v) is 5.25. The lowest BCUT2D eigenvalue weighted by atomic mass is 10.1. The molecule has 3 rings (SSSR count). The van der Waals surface area contributed by atoms with Gasteiger partial charge >= 0.3 is 0 Å². The molecule has 17 heavy (non-hydrogen) atoms. The van der Waals surface area contributed by atoms with Crippen LogP contribution in [0.3, 0.4) is 0 Å². The fourth-order valence-corrected chi connectivity index (χ4v) is 3.17. The first kappa shape index (κ1) is 10.8. The van der Waals surface area contributed by atoms with Gasteiger partial charge in [-0.3, -0.25) is 0 Å². The summed E-state index contributed by atoms with van der Waals surface area (Å²) in [5.41, 5.74) is 2.48. The van der Waals surface area contributed by atoms with E-state index in [2.05, 4.69) is 28.8 Å². The summed E-state index contributed by atoms with van der Waals surface area (Å²) in [6.45, 7) is 5.30. The van der Waals surface area contributed by atoms with E-state index in [0.29, 0.717) is 6.04 Å². The molecule has 1 unspecified atom stereocenters. The van der Waals surface area contributed by atoms with Gasteiger partial charge in [-0.2, -0.15) is 5.10 Å². The van der Waals surface area contributed by atoms with E-state index in [9.17, 15) is 0 Å². The largest absolute Gasteiger partial charge is 0.370 e. The van der Waals surface area contributed by atoms with E-state index in [0.717, 1.165) is 24.4 Å². The van der Waals surface area contributed by atoms with Crippen LogP contribution in [0.15, 0.2) is 11.6 Å². The van der Waals surface area contributed by atoms with E-state index in [1.165, 1.54) is 17.1 Å². The molecule has 0 saturated heterocycles. The molecule has 1 aliphatic heterocycles. The van der Waals surface area contributed by atoms with Crippen LogP contribution >= 0.6 is 11.3 Å². The standard InChI is InChI=1S/C12H16N4S/c1-3-9-8(2)11-13-5-4-10(16(11)15-9)12-14-6-7-17-12/h6-7,10,13H,3-5H2,1-2H3. The van der Waals surface area contributed by atoms with Crippen LogP contribution in [0.5, 0.6) is 0 Å². The van der Waals surface area contributed by atoms with Gasteiger partial charge in [-0.25, -0.2) is 9.67 Å². The minimum Gasteiger partial charge on any atom is -0.370 e. The predicted octanol–water partition coefficient (Wildman–Crippen LogP) is 2.62. The third-order valence-corrected chi connectivity index (χ3v) is 4.20. The van der Waals surface area contributed by atoms with Gasteiger partial charge in [0.2, 0.25) is 0 Å². The Labute approximate surface area is 105 Å². The summed E-state index contributed by atoms with van der Waals surface area (Å²) in [5.74, 6) is 1.17. The summed E-state index contributed by atoms with van der Waals surface area (Å²) in [4.78, 5) is 4.43. The Hall–Kier alpha value is -1.36. The lowest BCUT2D eigenvalue weighted by molar-refractivity contribution is 0.476. The van der Waals surface area contributed by atoms with Crippen LogP contribution < -0.4 is 5.32 Å². The van der Waals surface area contributed by atoms with Gasteiger partial charge in [0.05, 0.1) is 5.69 Å². The van der Waals surface area contributed by atoms with Crippen molar-refractivity contribution in [1.29, 1.82) is 0 Å². The number of thiazole rings is 1. The molecular weight excluding hydrogens is 232 g/mol. The van der Waals surface area contributed by atoms with Gasteiger partial charge in [0.1, 0.15) is 16.9 Å².